The Morgan fingerprint density at radius 2 is 1.56 bits per heavy atom. The molecule has 0 radical (unpaired) electrons. The number of piperidine rings is 1. The van der Waals surface area contributed by atoms with Crippen LogP contribution in [0.2, 0.25) is 0 Å². The number of nitrogens with one attached hydrogen (secondary N) is 1. The molecule has 2 spiro atoms. The second kappa shape index (κ2) is 15.1. The highest BCUT2D eigenvalue weighted by Crippen LogP contribution is 2.88. The van der Waals surface area contributed by atoms with Crippen molar-refractivity contribution in [3.63, 3.8) is 0 Å². The van der Waals surface area contributed by atoms with E-state index < -0.39 is 35.3 Å². The fourth-order valence-electron chi connectivity index (χ4n) is 11.9. The first-order valence-electron chi connectivity index (χ1n) is 21.2. The fourth-order valence-corrected chi connectivity index (χ4v) is 11.9. The summed E-state index contributed by atoms with van der Waals surface area (Å²) in [7, 11) is 0. The Kier molecular flexibility index (Phi) is 11.4. The van der Waals surface area contributed by atoms with Crippen LogP contribution in [-0.4, -0.2) is 82.5 Å². The molecule has 2 saturated heterocycles. The molecule has 2 amide bonds. The first kappa shape index (κ1) is 39.4. The number of carboxylic acid groups (broad SMARTS) is 1. The summed E-state index contributed by atoms with van der Waals surface area (Å²) in [6, 6.07) is -1.29. The number of aliphatic carboxylic acids is 1. The molecule has 6 aliphatic rings. The highest BCUT2D eigenvalue weighted by molar-refractivity contribution is 5.96. The highest BCUT2D eigenvalue weighted by atomic mass is 16.4. The number of nitrogens with zero attached hydrogens (tertiary/aromatic N) is 2. The monoisotopic (exact) mass is 724 g/mol. The topological polar surface area (TPSA) is 124 Å². The summed E-state index contributed by atoms with van der Waals surface area (Å²) in [5, 5.41) is 13.4. The molecule has 0 unspecified atom stereocenters. The van der Waals surface area contributed by atoms with E-state index >= 15 is 4.79 Å². The Morgan fingerprint density at radius 1 is 0.865 bits per heavy atom. The zero-order chi connectivity index (χ0) is 37.6. The highest BCUT2D eigenvalue weighted by Gasteiger charge is 2.85. The summed E-state index contributed by atoms with van der Waals surface area (Å²) < 4.78 is 0. The molecule has 9 nitrogen and oxygen atoms in total. The molecule has 0 aromatic carbocycles. The van der Waals surface area contributed by atoms with Crippen LogP contribution in [-0.2, 0) is 24.0 Å². The summed E-state index contributed by atoms with van der Waals surface area (Å²) in [4.78, 5) is 74.4. The van der Waals surface area contributed by atoms with Gasteiger partial charge in [0, 0.05) is 37.3 Å². The third-order valence-corrected chi connectivity index (χ3v) is 15.9. The van der Waals surface area contributed by atoms with Crippen LogP contribution in [0.5, 0.6) is 0 Å². The number of Topliss-reactive ketones (excluding diaryl/α,β-unsaturated/α-hetero) is 2. The molecule has 2 heterocycles. The molecular weight excluding hydrogens is 654 g/mol. The molecule has 292 valence electrons. The molecule has 6 atom stereocenters. The summed E-state index contributed by atoms with van der Waals surface area (Å²) in [6.07, 6.45) is 14.4. The molecule has 2 aliphatic heterocycles. The first-order chi connectivity index (χ1) is 24.5. The molecule has 52 heavy (non-hydrogen) atoms. The molecule has 4 aliphatic carbocycles. The molecule has 4 saturated carbocycles. The Hall–Kier alpha value is -2.29. The molecule has 0 aromatic rings. The zero-order valence-electron chi connectivity index (χ0n) is 33.3. The minimum atomic E-state index is -0.919. The van der Waals surface area contributed by atoms with Gasteiger partial charge < -0.3 is 20.2 Å². The van der Waals surface area contributed by atoms with Gasteiger partial charge in [-0.3, -0.25) is 24.0 Å². The lowest BCUT2D eigenvalue weighted by molar-refractivity contribution is -0.148. The van der Waals surface area contributed by atoms with Gasteiger partial charge in [-0.25, -0.2) is 0 Å². The largest absolute Gasteiger partial charge is 0.481 e. The Bertz CT molecular complexity index is 1370. The second-order valence-electron chi connectivity index (χ2n) is 19.8. The normalized spacial score (nSPS) is 30.6. The number of likely N-dealkylation sites (tertiary alicyclic amines) is 2. The minimum absolute atomic E-state index is 0.0141. The summed E-state index contributed by atoms with van der Waals surface area (Å²) >= 11 is 0. The van der Waals surface area contributed by atoms with Crippen LogP contribution in [0.4, 0.5) is 0 Å². The van der Waals surface area contributed by atoms with Crippen molar-refractivity contribution in [3.8, 4) is 0 Å². The van der Waals surface area contributed by atoms with Gasteiger partial charge in [-0.05, 0) is 92.5 Å². The lowest BCUT2D eigenvalue weighted by atomic mass is 9.73. The average Bonchev–Trinajstić information content (AvgIpc) is 3.28. The smallest absolute Gasteiger partial charge is 0.306 e. The van der Waals surface area contributed by atoms with Crippen LogP contribution in [0, 0.1) is 51.2 Å². The van der Waals surface area contributed by atoms with Crippen molar-refractivity contribution in [3.05, 3.63) is 0 Å². The van der Waals surface area contributed by atoms with Gasteiger partial charge in [0.15, 0.2) is 11.6 Å². The minimum Gasteiger partial charge on any atom is -0.481 e. The maximum Gasteiger partial charge on any atom is 0.306 e. The van der Waals surface area contributed by atoms with E-state index in [0.717, 1.165) is 96.6 Å². The number of carboxylic acids is 1. The average molecular weight is 724 g/mol. The van der Waals surface area contributed by atoms with Crippen LogP contribution in [0.15, 0.2) is 0 Å². The fraction of sp³-hybridized carbons (Fsp3) is 0.884. The SMILES string of the molecule is CCN1CCC[C@H](C(=O)N[C@H](C(=O)C[C@@H](C(=O)N2C[C@@]3(C[C@H]2C(=O)C[C@H](CC2CCC2)C(=O)O)C(C)(C)C32CCC2)C(C)(C)C)C2CCCCC2)C1. The van der Waals surface area contributed by atoms with Crippen LogP contribution < -0.4 is 5.32 Å². The van der Waals surface area contributed by atoms with Crippen molar-refractivity contribution in [1.82, 2.24) is 15.1 Å². The van der Waals surface area contributed by atoms with Gasteiger partial charge in [0.05, 0.1) is 23.9 Å². The van der Waals surface area contributed by atoms with Gasteiger partial charge in [-0.15, -0.1) is 0 Å². The van der Waals surface area contributed by atoms with Gasteiger partial charge in [0.1, 0.15) is 0 Å². The van der Waals surface area contributed by atoms with Crippen molar-refractivity contribution in [2.24, 2.45) is 51.2 Å². The van der Waals surface area contributed by atoms with Gasteiger partial charge in [-0.2, -0.15) is 0 Å². The second-order valence-corrected chi connectivity index (χ2v) is 19.8. The summed E-state index contributed by atoms with van der Waals surface area (Å²) in [5.74, 6) is -2.42. The molecule has 6 rings (SSSR count). The Morgan fingerprint density at radius 3 is 2.10 bits per heavy atom. The van der Waals surface area contributed by atoms with E-state index in [9.17, 15) is 24.3 Å². The molecule has 0 bridgehead atoms. The van der Waals surface area contributed by atoms with E-state index in [0.29, 0.717) is 31.8 Å². The molecule has 6 fully saturated rings. The number of carbonyl (C=O) groups excluding carboxylic acids is 4. The third-order valence-electron chi connectivity index (χ3n) is 15.9. The Balaban J connectivity index is 1.24. The molecular formula is C43H69N3O6. The molecule has 9 heteroatoms. The maximum atomic E-state index is 15.1. The predicted molar refractivity (Wildman–Crippen MR) is 201 cm³/mol. The van der Waals surface area contributed by atoms with E-state index in [1.54, 1.807) is 0 Å². The van der Waals surface area contributed by atoms with Gasteiger partial charge >= 0.3 is 5.97 Å². The summed E-state index contributed by atoms with van der Waals surface area (Å²) in [5.41, 5.74) is -0.636. The van der Waals surface area contributed by atoms with Gasteiger partial charge in [-0.1, -0.05) is 86.5 Å². The summed E-state index contributed by atoms with van der Waals surface area (Å²) in [6.45, 7) is 15.9. The van der Waals surface area contributed by atoms with Crippen LogP contribution >= 0.6 is 0 Å². The van der Waals surface area contributed by atoms with E-state index in [-0.39, 0.29) is 64.3 Å². The number of ketones is 2. The lowest BCUT2D eigenvalue weighted by Gasteiger charge is -2.38. The predicted octanol–water partition coefficient (Wildman–Crippen LogP) is 7.05. The standard InChI is InChI=1S/C43H69N3O6/c1-7-45-21-12-18-30(26-45)37(49)44-36(29-16-9-8-10-17-29)35(48)24-32(40(2,3)4)38(50)46-27-43(41(5,6)42(43)19-13-20-42)25-33(46)34(47)23-31(39(51)52)22-28-14-11-15-28/h28-33,36H,7-27H2,1-6H3,(H,44,49)(H,51,52)/t30-,31-,32-,33-,36-,43-/m0/s1. The van der Waals surface area contributed by atoms with Crippen molar-refractivity contribution >= 4 is 29.4 Å². The third kappa shape index (κ3) is 7.14. The van der Waals surface area contributed by atoms with Crippen molar-refractivity contribution < 1.29 is 29.1 Å². The molecule has 2 N–H and O–H groups in total. The van der Waals surface area contributed by atoms with E-state index in [2.05, 4.69) is 31.0 Å². The number of hydrogen-bond acceptors (Lipinski definition) is 6. The molecule has 0 aromatic heterocycles. The van der Waals surface area contributed by atoms with Crippen LogP contribution in [0.3, 0.4) is 0 Å². The van der Waals surface area contributed by atoms with E-state index in [1.807, 2.05) is 25.7 Å². The number of hydrogen-bond donors (Lipinski definition) is 2. The first-order valence-corrected chi connectivity index (χ1v) is 21.2. The van der Waals surface area contributed by atoms with Crippen molar-refractivity contribution in [1.29, 1.82) is 0 Å². The van der Waals surface area contributed by atoms with Crippen LogP contribution in [0.1, 0.15) is 151 Å². The lowest BCUT2D eigenvalue weighted by Crippen LogP contribution is -2.53. The number of fused-ring (bicyclic) bond motifs is 1. The van der Waals surface area contributed by atoms with E-state index in [1.165, 1.54) is 0 Å². The number of carbonyl (C=O) groups is 5. The zero-order valence-corrected chi connectivity index (χ0v) is 33.3. The van der Waals surface area contributed by atoms with Crippen molar-refractivity contribution in [2.45, 2.75) is 163 Å². The van der Waals surface area contributed by atoms with Crippen molar-refractivity contribution in [2.75, 3.05) is 26.2 Å². The number of rotatable bonds is 14. The quantitative estimate of drug-likeness (QED) is 0.197. The maximum absolute atomic E-state index is 15.1. The van der Waals surface area contributed by atoms with Crippen LogP contribution in [0.25, 0.3) is 0 Å². The van der Waals surface area contributed by atoms with Gasteiger partial charge in [0.2, 0.25) is 11.8 Å². The number of amides is 2. The Labute approximate surface area is 313 Å². The van der Waals surface area contributed by atoms with E-state index in [4.69, 9.17) is 0 Å². The van der Waals surface area contributed by atoms with Gasteiger partial charge in [0.25, 0.3) is 0 Å².